The van der Waals surface area contributed by atoms with Crippen LogP contribution in [-0.2, 0) is 0 Å². The largest absolute Gasteiger partial charge is 0.100 e. The molecule has 0 atom stereocenters. The zero-order chi connectivity index (χ0) is 12.0. The van der Waals surface area contributed by atoms with Gasteiger partial charge in [0.1, 0.15) is 0 Å². The van der Waals surface area contributed by atoms with Crippen LogP contribution in [0.3, 0.4) is 0 Å². The molecular formula is C12H27ClP. The van der Waals surface area contributed by atoms with Crippen molar-refractivity contribution in [2.45, 2.75) is 77.8 Å². The Bertz CT molecular complexity index is 164. The molecule has 0 heterocycles. The van der Waals surface area contributed by atoms with Crippen LogP contribution >= 0.6 is 17.9 Å². The Morgan fingerprint density at radius 2 is 0.714 bits per heavy atom. The molecule has 0 amide bonds. The van der Waals surface area contributed by atoms with E-state index in [9.17, 15) is 0 Å². The van der Waals surface area contributed by atoms with Crippen LogP contribution in [0, 0.1) is 0 Å². The second kappa shape index (κ2) is 3.63. The van der Waals surface area contributed by atoms with Crippen LogP contribution in [0.15, 0.2) is 0 Å². The average Bonchev–Trinajstić information content (AvgIpc) is 1.77. The lowest BCUT2D eigenvalue weighted by atomic mass is 10.2. The van der Waals surface area contributed by atoms with Gasteiger partial charge >= 0.3 is 0 Å². The lowest BCUT2D eigenvalue weighted by molar-refractivity contribution is 0.636. The molecule has 0 N–H and O–H groups in total. The molecule has 0 aliphatic rings. The van der Waals surface area contributed by atoms with Gasteiger partial charge in [0.2, 0.25) is 0 Å². The fourth-order valence-corrected chi connectivity index (χ4v) is 9.06. The first-order valence-electron chi connectivity index (χ1n) is 5.34. The average molecular weight is 238 g/mol. The van der Waals surface area contributed by atoms with Crippen LogP contribution in [0.25, 0.3) is 0 Å². The monoisotopic (exact) mass is 237 g/mol. The molecule has 1 radical (unpaired) electrons. The highest BCUT2D eigenvalue weighted by molar-refractivity contribution is 8.02. The van der Waals surface area contributed by atoms with Gasteiger partial charge < -0.3 is 0 Å². The standard InChI is InChI=1S/C12H27ClP/c1-10(2,3)14(13,11(4,5)6)12(7,8)9/h1-9H3. The van der Waals surface area contributed by atoms with E-state index in [2.05, 4.69) is 62.3 Å². The Morgan fingerprint density at radius 1 is 0.571 bits per heavy atom. The van der Waals surface area contributed by atoms with Gasteiger partial charge in [-0.25, -0.2) is 0 Å². The van der Waals surface area contributed by atoms with Gasteiger partial charge in [-0.3, -0.25) is 0 Å². The van der Waals surface area contributed by atoms with Gasteiger partial charge in [0.25, 0.3) is 0 Å². The maximum absolute atomic E-state index is 7.08. The summed E-state index contributed by atoms with van der Waals surface area (Å²) in [5.41, 5.74) is 0. The summed E-state index contributed by atoms with van der Waals surface area (Å²) in [4.78, 5) is 0. The summed E-state index contributed by atoms with van der Waals surface area (Å²) in [6.07, 6.45) is 0. The molecule has 87 valence electrons. The molecule has 0 rings (SSSR count). The van der Waals surface area contributed by atoms with Crippen LogP contribution in [-0.4, -0.2) is 15.5 Å². The third-order valence-electron chi connectivity index (χ3n) is 2.77. The highest BCUT2D eigenvalue weighted by Crippen LogP contribution is 2.86. The minimum absolute atomic E-state index is 0.199. The number of hydrogen-bond donors (Lipinski definition) is 0. The molecule has 0 aromatic carbocycles. The molecule has 0 fully saturated rings. The molecule has 14 heavy (non-hydrogen) atoms. The molecule has 0 bridgehead atoms. The molecule has 0 nitrogen and oxygen atoms in total. The van der Waals surface area contributed by atoms with Crippen LogP contribution in [0.5, 0.6) is 0 Å². The van der Waals surface area contributed by atoms with E-state index in [-0.39, 0.29) is 15.5 Å². The zero-order valence-corrected chi connectivity index (χ0v) is 13.0. The minimum Gasteiger partial charge on any atom is -0.100 e. The Labute approximate surface area is 95.9 Å². The third kappa shape index (κ3) is 2.27. The molecule has 0 unspecified atom stereocenters. The van der Waals surface area contributed by atoms with E-state index < -0.39 is 6.62 Å². The smallest absolute Gasteiger partial charge is 0.00750 e. The molecule has 0 spiro atoms. The van der Waals surface area contributed by atoms with Crippen LogP contribution in [0.4, 0.5) is 0 Å². The number of rotatable bonds is 0. The van der Waals surface area contributed by atoms with E-state index in [0.29, 0.717) is 0 Å². The van der Waals surface area contributed by atoms with Gasteiger partial charge in [-0.05, 0) is 22.1 Å². The molecule has 0 aromatic rings. The van der Waals surface area contributed by atoms with Crippen molar-refractivity contribution in [3.63, 3.8) is 0 Å². The third-order valence-corrected chi connectivity index (χ3v) is 12.9. The summed E-state index contributed by atoms with van der Waals surface area (Å²) in [7, 11) is 0. The van der Waals surface area contributed by atoms with E-state index >= 15 is 0 Å². The Kier molecular flexibility index (Phi) is 3.82. The molecular weight excluding hydrogens is 211 g/mol. The number of halogens is 1. The molecule has 0 aromatic heterocycles. The van der Waals surface area contributed by atoms with Crippen LogP contribution < -0.4 is 0 Å². The first-order valence-corrected chi connectivity index (χ1v) is 8.03. The van der Waals surface area contributed by atoms with Crippen LogP contribution in [0.2, 0.25) is 0 Å². The van der Waals surface area contributed by atoms with E-state index in [0.717, 1.165) is 0 Å². The topological polar surface area (TPSA) is 0 Å². The number of hydrogen-bond acceptors (Lipinski definition) is 0. The van der Waals surface area contributed by atoms with Crippen molar-refractivity contribution in [3.05, 3.63) is 0 Å². The van der Waals surface area contributed by atoms with Gasteiger partial charge in [0.05, 0.1) is 0 Å². The van der Waals surface area contributed by atoms with E-state index in [1.807, 2.05) is 0 Å². The normalized spacial score (nSPS) is 15.9. The van der Waals surface area contributed by atoms with Gasteiger partial charge in [0, 0.05) is 0 Å². The highest BCUT2D eigenvalue weighted by atomic mass is 35.7. The van der Waals surface area contributed by atoms with Crippen molar-refractivity contribution < 1.29 is 0 Å². The SMILES string of the molecule is CC(C)(C)[P](Cl)(C(C)(C)C)C(C)(C)C. The quantitative estimate of drug-likeness (QED) is 0.485. The summed E-state index contributed by atoms with van der Waals surface area (Å²) in [6.45, 7) is 19.0. The highest BCUT2D eigenvalue weighted by Gasteiger charge is 2.54. The van der Waals surface area contributed by atoms with E-state index in [1.165, 1.54) is 0 Å². The predicted octanol–water partition coefficient (Wildman–Crippen LogP) is 5.55. The zero-order valence-electron chi connectivity index (χ0n) is 11.3. The first kappa shape index (κ1) is 14.7. The molecule has 0 saturated carbocycles. The Hall–Kier alpha value is 0.720. The second-order valence-corrected chi connectivity index (χ2v) is 13.8. The summed E-state index contributed by atoms with van der Waals surface area (Å²) in [5, 5.41) is 0.598. The minimum atomic E-state index is -1.55. The Morgan fingerprint density at radius 3 is 0.714 bits per heavy atom. The van der Waals surface area contributed by atoms with E-state index in [1.54, 1.807) is 0 Å². The first-order chi connectivity index (χ1) is 5.75. The summed E-state index contributed by atoms with van der Waals surface area (Å²) >= 11 is 7.08. The van der Waals surface area contributed by atoms with Crippen molar-refractivity contribution in [1.29, 1.82) is 0 Å². The summed E-state index contributed by atoms with van der Waals surface area (Å²) in [5.74, 6) is 0. The Balaban J connectivity index is 5.54. The fraction of sp³-hybridized carbons (Fsp3) is 1.00. The van der Waals surface area contributed by atoms with Gasteiger partial charge in [0.15, 0.2) is 0 Å². The molecule has 0 saturated heterocycles. The lowest BCUT2D eigenvalue weighted by Crippen LogP contribution is -2.40. The lowest BCUT2D eigenvalue weighted by Gasteiger charge is -2.58. The van der Waals surface area contributed by atoms with Crippen molar-refractivity contribution >= 4 is 17.9 Å². The van der Waals surface area contributed by atoms with Crippen LogP contribution in [0.1, 0.15) is 62.3 Å². The predicted molar refractivity (Wildman–Crippen MR) is 72.0 cm³/mol. The fourth-order valence-electron chi connectivity index (χ4n) is 3.02. The molecule has 0 aliphatic carbocycles. The van der Waals surface area contributed by atoms with Crippen molar-refractivity contribution in [1.82, 2.24) is 0 Å². The maximum Gasteiger partial charge on any atom is -0.00750 e. The van der Waals surface area contributed by atoms with Crippen molar-refractivity contribution in [2.75, 3.05) is 0 Å². The molecule has 2 heteroatoms. The van der Waals surface area contributed by atoms with Crippen molar-refractivity contribution in [3.8, 4) is 0 Å². The van der Waals surface area contributed by atoms with E-state index in [4.69, 9.17) is 11.2 Å². The van der Waals surface area contributed by atoms with Gasteiger partial charge in [-0.2, -0.15) is 0 Å². The summed E-state index contributed by atoms with van der Waals surface area (Å²) < 4.78 is 0. The second-order valence-electron chi connectivity index (χ2n) is 7.10. The van der Waals surface area contributed by atoms with Crippen molar-refractivity contribution in [2.24, 2.45) is 0 Å². The summed E-state index contributed by atoms with van der Waals surface area (Å²) in [6, 6.07) is 0. The van der Waals surface area contributed by atoms with Gasteiger partial charge in [-0.15, -0.1) is 11.2 Å². The maximum atomic E-state index is 7.08. The van der Waals surface area contributed by atoms with Gasteiger partial charge in [-0.1, -0.05) is 62.3 Å². The molecule has 0 aliphatic heterocycles.